The number of carbonyl (C=O) groups is 1. The molecule has 0 radical (unpaired) electrons. The van der Waals surface area contributed by atoms with Crippen LogP contribution in [0.1, 0.15) is 42.4 Å². The second kappa shape index (κ2) is 7.20. The summed E-state index contributed by atoms with van der Waals surface area (Å²) in [7, 11) is 0. The van der Waals surface area contributed by atoms with E-state index in [9.17, 15) is 9.59 Å². The van der Waals surface area contributed by atoms with Gasteiger partial charge in [-0.3, -0.25) is 9.59 Å². The fraction of sp³-hybridized carbons (Fsp3) is 0.438. The summed E-state index contributed by atoms with van der Waals surface area (Å²) in [6.07, 6.45) is 11.3. The number of aromatic amines is 1. The van der Waals surface area contributed by atoms with Gasteiger partial charge in [-0.1, -0.05) is 31.9 Å². The van der Waals surface area contributed by atoms with Gasteiger partial charge in [-0.15, -0.1) is 0 Å². The topological polar surface area (TPSA) is 96.8 Å². The summed E-state index contributed by atoms with van der Waals surface area (Å²) in [5.41, 5.74) is -0.353. The van der Waals surface area contributed by atoms with Crippen molar-refractivity contribution in [3.05, 3.63) is 52.7 Å². The van der Waals surface area contributed by atoms with Gasteiger partial charge in [-0.25, -0.2) is 14.6 Å². The van der Waals surface area contributed by atoms with Crippen molar-refractivity contribution in [2.24, 2.45) is 0 Å². The Bertz CT molecular complexity index is 780. The summed E-state index contributed by atoms with van der Waals surface area (Å²) < 4.78 is 1.55. The zero-order chi connectivity index (χ0) is 16.9. The van der Waals surface area contributed by atoms with Crippen molar-refractivity contribution in [3.63, 3.8) is 0 Å². The van der Waals surface area contributed by atoms with Crippen molar-refractivity contribution in [1.82, 2.24) is 29.6 Å². The van der Waals surface area contributed by atoms with E-state index in [0.29, 0.717) is 18.9 Å². The summed E-state index contributed by atoms with van der Waals surface area (Å²) in [4.78, 5) is 37.3. The molecule has 1 aliphatic rings. The van der Waals surface area contributed by atoms with Crippen LogP contribution in [0.15, 0.2) is 35.8 Å². The van der Waals surface area contributed by atoms with E-state index >= 15 is 0 Å². The lowest BCUT2D eigenvalue weighted by atomic mass is 10.1. The number of amides is 1. The molecule has 0 aliphatic carbocycles. The molecule has 2 aromatic rings. The zero-order valence-electron chi connectivity index (χ0n) is 13.6. The first-order chi connectivity index (χ1) is 11.7. The normalized spacial score (nSPS) is 16.7. The average molecular weight is 328 g/mol. The van der Waals surface area contributed by atoms with Crippen LogP contribution in [0.4, 0.5) is 0 Å². The summed E-state index contributed by atoms with van der Waals surface area (Å²) in [5.74, 6) is 0.159. The highest BCUT2D eigenvalue weighted by molar-refractivity contribution is 5.94. The van der Waals surface area contributed by atoms with Crippen LogP contribution in [0, 0.1) is 0 Å². The quantitative estimate of drug-likeness (QED) is 0.797. The Labute approximate surface area is 139 Å². The molecule has 1 amide bonds. The summed E-state index contributed by atoms with van der Waals surface area (Å²) >= 11 is 0. The number of carbonyl (C=O) groups excluding carboxylic acids is 1. The molecule has 0 saturated carbocycles. The second-order valence-electron chi connectivity index (χ2n) is 5.76. The van der Waals surface area contributed by atoms with Crippen LogP contribution >= 0.6 is 0 Å². The molecular weight excluding hydrogens is 308 g/mol. The van der Waals surface area contributed by atoms with Crippen LogP contribution in [0.25, 0.3) is 0 Å². The maximum absolute atomic E-state index is 12.7. The van der Waals surface area contributed by atoms with E-state index in [1.165, 1.54) is 18.9 Å². The first-order valence-corrected chi connectivity index (χ1v) is 8.07. The Balaban J connectivity index is 1.74. The highest BCUT2D eigenvalue weighted by atomic mass is 16.2. The van der Waals surface area contributed by atoms with Gasteiger partial charge < -0.3 is 9.88 Å². The maximum atomic E-state index is 12.7. The fourth-order valence-corrected chi connectivity index (χ4v) is 2.76. The molecule has 0 aromatic carbocycles. The van der Waals surface area contributed by atoms with Gasteiger partial charge in [0.1, 0.15) is 30.6 Å². The Hall–Kier alpha value is -2.77. The van der Waals surface area contributed by atoms with Gasteiger partial charge in [0.2, 0.25) is 0 Å². The minimum Gasteiger partial charge on any atom is -0.328 e. The number of hydrogen-bond acceptors (Lipinski definition) is 5. The summed E-state index contributed by atoms with van der Waals surface area (Å²) in [6.45, 7) is 2.95. The van der Waals surface area contributed by atoms with Crippen LogP contribution in [0.2, 0.25) is 0 Å². The van der Waals surface area contributed by atoms with Crippen LogP contribution in [-0.2, 0) is 6.54 Å². The molecule has 24 heavy (non-hydrogen) atoms. The van der Waals surface area contributed by atoms with Crippen LogP contribution in [-0.4, -0.2) is 48.1 Å². The van der Waals surface area contributed by atoms with Gasteiger partial charge in [0.25, 0.3) is 11.5 Å². The van der Waals surface area contributed by atoms with Gasteiger partial charge in [0, 0.05) is 12.7 Å². The van der Waals surface area contributed by atoms with E-state index in [0.717, 1.165) is 19.3 Å². The first-order valence-electron chi connectivity index (χ1n) is 8.07. The van der Waals surface area contributed by atoms with Gasteiger partial charge in [0.05, 0.1) is 6.04 Å². The molecule has 2 aromatic heterocycles. The minimum atomic E-state index is -0.425. The smallest absolute Gasteiger partial charge is 0.263 e. The van der Waals surface area contributed by atoms with E-state index in [4.69, 9.17) is 0 Å². The van der Waals surface area contributed by atoms with E-state index in [1.807, 2.05) is 12.2 Å². The highest BCUT2D eigenvalue weighted by Crippen LogP contribution is 2.17. The lowest BCUT2D eigenvalue weighted by Crippen LogP contribution is -2.39. The zero-order valence-corrected chi connectivity index (χ0v) is 13.6. The third-order valence-corrected chi connectivity index (χ3v) is 4.04. The number of aromatic nitrogens is 5. The molecule has 3 heterocycles. The second-order valence-corrected chi connectivity index (χ2v) is 5.76. The van der Waals surface area contributed by atoms with Gasteiger partial charge in [-0.2, -0.15) is 5.10 Å². The number of nitrogens with zero attached hydrogens (tertiary/aromatic N) is 5. The Morgan fingerprint density at radius 2 is 2.33 bits per heavy atom. The standard InChI is InChI=1S/C16H20N6O2/c1-2-3-5-12-6-4-7-22(12)16(24)13-8-18-14(20-15(13)23)9-21-11-17-10-19-21/h4,6,8,10-12H,2-3,5,7,9H2,1H3,(H,18,20,23)/t12-/m1/s1. The molecule has 1 aliphatic heterocycles. The lowest BCUT2D eigenvalue weighted by Gasteiger charge is -2.24. The van der Waals surface area contributed by atoms with Gasteiger partial charge in [-0.05, 0) is 6.42 Å². The van der Waals surface area contributed by atoms with Crippen LogP contribution < -0.4 is 5.56 Å². The third-order valence-electron chi connectivity index (χ3n) is 4.04. The number of nitrogens with one attached hydrogen (secondary N) is 1. The molecule has 0 fully saturated rings. The molecule has 0 saturated heterocycles. The molecule has 8 nitrogen and oxygen atoms in total. The van der Waals surface area contributed by atoms with Crippen molar-refractivity contribution < 1.29 is 4.79 Å². The molecule has 1 N–H and O–H groups in total. The summed E-state index contributed by atoms with van der Waals surface area (Å²) in [6, 6.07) is 0.0617. The molecule has 3 rings (SSSR count). The Morgan fingerprint density at radius 1 is 1.46 bits per heavy atom. The van der Waals surface area contributed by atoms with Crippen molar-refractivity contribution >= 4 is 5.91 Å². The number of H-pyrrole nitrogens is 1. The molecule has 8 heteroatoms. The SMILES string of the molecule is CCCC[C@@H]1C=CCN1C(=O)c1cnc(Cn2cncn2)[nH]c1=O. The summed E-state index contributed by atoms with van der Waals surface area (Å²) in [5, 5.41) is 3.96. The van der Waals surface area contributed by atoms with Crippen molar-refractivity contribution in [1.29, 1.82) is 0 Å². The van der Waals surface area contributed by atoms with E-state index in [1.54, 1.807) is 9.58 Å². The van der Waals surface area contributed by atoms with Gasteiger partial charge in [0.15, 0.2) is 0 Å². The van der Waals surface area contributed by atoms with Crippen molar-refractivity contribution in [3.8, 4) is 0 Å². The van der Waals surface area contributed by atoms with Crippen molar-refractivity contribution in [2.75, 3.05) is 6.54 Å². The van der Waals surface area contributed by atoms with Gasteiger partial charge >= 0.3 is 0 Å². The van der Waals surface area contributed by atoms with E-state index in [2.05, 4.69) is 27.0 Å². The molecule has 0 spiro atoms. The Morgan fingerprint density at radius 3 is 3.04 bits per heavy atom. The number of unbranched alkanes of at least 4 members (excludes halogenated alkanes) is 1. The van der Waals surface area contributed by atoms with E-state index < -0.39 is 5.56 Å². The van der Waals surface area contributed by atoms with Crippen LogP contribution in [0.3, 0.4) is 0 Å². The fourth-order valence-electron chi connectivity index (χ4n) is 2.76. The Kier molecular flexibility index (Phi) is 4.83. The molecular formula is C16H20N6O2. The predicted octanol–water partition coefficient (Wildman–Crippen LogP) is 0.980. The minimum absolute atomic E-state index is 0.0617. The molecule has 0 unspecified atom stereocenters. The molecule has 0 bridgehead atoms. The van der Waals surface area contributed by atoms with Crippen molar-refractivity contribution in [2.45, 2.75) is 38.8 Å². The number of rotatable bonds is 6. The number of hydrogen-bond donors (Lipinski definition) is 1. The third kappa shape index (κ3) is 3.42. The molecule has 126 valence electrons. The maximum Gasteiger partial charge on any atom is 0.263 e. The molecule has 1 atom stereocenters. The predicted molar refractivity (Wildman–Crippen MR) is 87.5 cm³/mol. The van der Waals surface area contributed by atoms with E-state index in [-0.39, 0.29) is 17.5 Å². The first kappa shape index (κ1) is 16.1. The lowest BCUT2D eigenvalue weighted by molar-refractivity contribution is 0.0741. The highest BCUT2D eigenvalue weighted by Gasteiger charge is 2.27. The van der Waals surface area contributed by atoms with Crippen LogP contribution in [0.5, 0.6) is 0 Å². The monoisotopic (exact) mass is 328 g/mol. The average Bonchev–Trinajstić information content (AvgIpc) is 3.24. The largest absolute Gasteiger partial charge is 0.328 e.